The van der Waals surface area contributed by atoms with Crippen LogP contribution in [0.25, 0.3) is 0 Å². The Labute approximate surface area is 135 Å². The molecular formula is C16H22N2O5. The van der Waals surface area contributed by atoms with E-state index in [1.165, 1.54) is 12.1 Å². The average molecular weight is 322 g/mol. The van der Waals surface area contributed by atoms with Crippen LogP contribution in [-0.4, -0.2) is 25.0 Å². The van der Waals surface area contributed by atoms with E-state index in [0.29, 0.717) is 13.2 Å². The van der Waals surface area contributed by atoms with Gasteiger partial charge in [0.1, 0.15) is 0 Å². The standard InChI is InChI=1S/C16H22N2O5/c1-3-5-7-22-13-10-11(16(20)18-21)9-12(15(17)19)14(13)23-8-6-4-2/h9-10H,3-8H2,1-2H3,(H2,17,19). The summed E-state index contributed by atoms with van der Waals surface area (Å²) in [4.78, 5) is 33.6. The number of nitrogens with zero attached hydrogens (tertiary/aromatic N) is 1. The molecule has 0 radical (unpaired) electrons. The summed E-state index contributed by atoms with van der Waals surface area (Å²) in [6.07, 6.45) is 3.43. The first-order chi connectivity index (χ1) is 11.0. The molecule has 7 nitrogen and oxygen atoms in total. The molecule has 1 rings (SSSR count). The molecule has 0 aliphatic heterocycles. The number of rotatable bonds is 10. The van der Waals surface area contributed by atoms with Crippen LogP contribution in [-0.2, 0) is 0 Å². The van der Waals surface area contributed by atoms with Crippen LogP contribution in [0.4, 0.5) is 0 Å². The molecule has 0 aliphatic rings. The van der Waals surface area contributed by atoms with Crippen LogP contribution >= 0.6 is 0 Å². The van der Waals surface area contributed by atoms with E-state index in [2.05, 4.69) is 5.18 Å². The van der Waals surface area contributed by atoms with E-state index < -0.39 is 11.8 Å². The largest absolute Gasteiger partial charge is 0.490 e. The van der Waals surface area contributed by atoms with Gasteiger partial charge in [0.15, 0.2) is 11.5 Å². The quantitative estimate of drug-likeness (QED) is 0.526. The van der Waals surface area contributed by atoms with Gasteiger partial charge in [0.2, 0.25) is 0 Å². The molecular weight excluding hydrogens is 300 g/mol. The molecule has 0 spiro atoms. The van der Waals surface area contributed by atoms with Gasteiger partial charge >= 0.3 is 5.91 Å². The van der Waals surface area contributed by atoms with Gasteiger partial charge in [-0.15, -0.1) is 4.91 Å². The van der Waals surface area contributed by atoms with Crippen molar-refractivity contribution in [3.8, 4) is 11.5 Å². The summed E-state index contributed by atoms with van der Waals surface area (Å²) >= 11 is 0. The molecule has 7 heteroatoms. The highest BCUT2D eigenvalue weighted by Crippen LogP contribution is 2.34. The Kier molecular flexibility index (Phi) is 7.73. The zero-order valence-corrected chi connectivity index (χ0v) is 13.5. The lowest BCUT2D eigenvalue weighted by atomic mass is 10.1. The second kappa shape index (κ2) is 9.55. The zero-order valence-electron chi connectivity index (χ0n) is 13.5. The number of benzene rings is 1. The van der Waals surface area contributed by atoms with E-state index in [4.69, 9.17) is 15.2 Å². The summed E-state index contributed by atoms with van der Waals surface area (Å²) in [6, 6.07) is 2.56. The molecule has 0 aliphatic carbocycles. The molecule has 0 aromatic heterocycles. The van der Waals surface area contributed by atoms with E-state index in [-0.39, 0.29) is 22.6 Å². The Balaban J connectivity index is 3.25. The lowest BCUT2D eigenvalue weighted by Gasteiger charge is -2.16. The molecule has 1 aromatic carbocycles. The van der Waals surface area contributed by atoms with Gasteiger partial charge in [0.05, 0.1) is 18.8 Å². The highest BCUT2D eigenvalue weighted by molar-refractivity contribution is 6.02. The zero-order chi connectivity index (χ0) is 17.2. The third kappa shape index (κ3) is 5.36. The number of unbranched alkanes of at least 4 members (excludes halogenated alkanes) is 2. The predicted octanol–water partition coefficient (Wildman–Crippen LogP) is 3.05. The number of ether oxygens (including phenoxy) is 2. The summed E-state index contributed by atoms with van der Waals surface area (Å²) in [7, 11) is 0. The number of nitrogens with two attached hydrogens (primary N) is 1. The van der Waals surface area contributed by atoms with Crippen molar-refractivity contribution in [2.45, 2.75) is 39.5 Å². The van der Waals surface area contributed by atoms with E-state index in [0.717, 1.165) is 25.7 Å². The molecule has 0 saturated heterocycles. The van der Waals surface area contributed by atoms with Crippen LogP contribution in [0.15, 0.2) is 17.3 Å². The van der Waals surface area contributed by atoms with E-state index >= 15 is 0 Å². The molecule has 1 aromatic rings. The third-order valence-electron chi connectivity index (χ3n) is 3.15. The fourth-order valence-corrected chi connectivity index (χ4v) is 1.86. The second-order valence-corrected chi connectivity index (χ2v) is 5.02. The van der Waals surface area contributed by atoms with Crippen molar-refractivity contribution in [3.63, 3.8) is 0 Å². The number of hydrogen-bond donors (Lipinski definition) is 1. The van der Waals surface area contributed by atoms with Crippen LogP contribution < -0.4 is 15.2 Å². The van der Waals surface area contributed by atoms with Gasteiger partial charge in [0, 0.05) is 10.7 Å². The average Bonchev–Trinajstić information content (AvgIpc) is 2.55. The second-order valence-electron chi connectivity index (χ2n) is 5.02. The fraction of sp³-hybridized carbons (Fsp3) is 0.500. The number of carbonyl (C=O) groups is 2. The van der Waals surface area contributed by atoms with Gasteiger partial charge in [-0.05, 0) is 25.0 Å². The first-order valence-electron chi connectivity index (χ1n) is 7.66. The molecule has 126 valence electrons. The normalized spacial score (nSPS) is 10.2. The SMILES string of the molecule is CCCCOc1cc(C(=O)N=O)cc(C(N)=O)c1OCCCC. The molecule has 0 unspecified atom stereocenters. The lowest BCUT2D eigenvalue weighted by molar-refractivity contribution is 0.0995. The van der Waals surface area contributed by atoms with Crippen LogP contribution in [0.2, 0.25) is 0 Å². The van der Waals surface area contributed by atoms with Crippen LogP contribution in [0.3, 0.4) is 0 Å². The Morgan fingerprint density at radius 1 is 1.09 bits per heavy atom. The Morgan fingerprint density at radius 3 is 2.22 bits per heavy atom. The van der Waals surface area contributed by atoms with Crippen molar-refractivity contribution in [2.24, 2.45) is 10.9 Å². The molecule has 0 bridgehead atoms. The molecule has 0 fully saturated rings. The Hall–Kier alpha value is -2.44. The van der Waals surface area contributed by atoms with Crippen molar-refractivity contribution < 1.29 is 19.1 Å². The first-order valence-corrected chi connectivity index (χ1v) is 7.66. The molecule has 2 amide bonds. The Morgan fingerprint density at radius 2 is 1.70 bits per heavy atom. The van der Waals surface area contributed by atoms with Gasteiger partial charge in [-0.3, -0.25) is 9.59 Å². The molecule has 0 atom stereocenters. The first kappa shape index (κ1) is 18.6. The van der Waals surface area contributed by atoms with E-state index in [1.807, 2.05) is 13.8 Å². The van der Waals surface area contributed by atoms with Crippen LogP contribution in [0, 0.1) is 4.91 Å². The monoisotopic (exact) mass is 322 g/mol. The van der Waals surface area contributed by atoms with Crippen LogP contribution in [0.1, 0.15) is 60.2 Å². The topological polar surface area (TPSA) is 108 Å². The summed E-state index contributed by atoms with van der Waals surface area (Å²) in [5, 5.41) is 2.36. The van der Waals surface area contributed by atoms with Gasteiger partial charge in [-0.25, -0.2) is 0 Å². The highest BCUT2D eigenvalue weighted by Gasteiger charge is 2.20. The van der Waals surface area contributed by atoms with Crippen molar-refractivity contribution in [3.05, 3.63) is 28.2 Å². The fourth-order valence-electron chi connectivity index (χ4n) is 1.86. The summed E-state index contributed by atoms with van der Waals surface area (Å²) < 4.78 is 11.2. The highest BCUT2D eigenvalue weighted by atomic mass is 16.5. The summed E-state index contributed by atoms with van der Waals surface area (Å²) in [5.74, 6) is -1.34. The van der Waals surface area contributed by atoms with Crippen LogP contribution in [0.5, 0.6) is 11.5 Å². The van der Waals surface area contributed by atoms with Crippen molar-refractivity contribution in [1.82, 2.24) is 0 Å². The number of primary amides is 1. The number of amides is 2. The van der Waals surface area contributed by atoms with Crippen molar-refractivity contribution >= 4 is 11.8 Å². The molecule has 23 heavy (non-hydrogen) atoms. The summed E-state index contributed by atoms with van der Waals surface area (Å²) in [5.41, 5.74) is 5.31. The minimum Gasteiger partial charge on any atom is -0.490 e. The van der Waals surface area contributed by atoms with E-state index in [9.17, 15) is 14.5 Å². The van der Waals surface area contributed by atoms with E-state index in [1.54, 1.807) is 0 Å². The van der Waals surface area contributed by atoms with Gasteiger partial charge in [-0.2, -0.15) is 0 Å². The lowest BCUT2D eigenvalue weighted by Crippen LogP contribution is -2.16. The minimum atomic E-state index is -0.993. The maximum Gasteiger partial charge on any atom is 0.316 e. The maximum absolute atomic E-state index is 11.7. The number of carbonyl (C=O) groups excluding carboxylic acids is 2. The summed E-state index contributed by atoms with van der Waals surface area (Å²) in [6.45, 7) is 4.80. The van der Waals surface area contributed by atoms with Crippen molar-refractivity contribution in [1.29, 1.82) is 0 Å². The molecule has 2 N–H and O–H groups in total. The van der Waals surface area contributed by atoms with Gasteiger partial charge < -0.3 is 15.2 Å². The maximum atomic E-state index is 11.7. The predicted molar refractivity (Wildman–Crippen MR) is 85.9 cm³/mol. The molecule has 0 heterocycles. The third-order valence-corrected chi connectivity index (χ3v) is 3.15. The van der Waals surface area contributed by atoms with Crippen molar-refractivity contribution in [2.75, 3.05) is 13.2 Å². The minimum absolute atomic E-state index is 0.00195. The van der Waals surface area contributed by atoms with Gasteiger partial charge in [-0.1, -0.05) is 26.7 Å². The number of hydrogen-bond acceptors (Lipinski definition) is 5. The Bertz CT molecular complexity index is 572. The van der Waals surface area contributed by atoms with Gasteiger partial charge in [0.25, 0.3) is 5.91 Å². The number of nitroso groups, excluding NO2 is 1. The smallest absolute Gasteiger partial charge is 0.316 e. The molecule has 0 saturated carbocycles.